The van der Waals surface area contributed by atoms with Crippen LogP contribution in [0, 0.1) is 0 Å². The van der Waals surface area contributed by atoms with Gasteiger partial charge in [0.15, 0.2) is 0 Å². The van der Waals surface area contributed by atoms with E-state index in [0.29, 0.717) is 12.1 Å². The van der Waals surface area contributed by atoms with Crippen molar-refractivity contribution < 1.29 is 9.53 Å². The number of methoxy groups -OCH3 is 1. The first-order valence-corrected chi connectivity index (χ1v) is 8.23. The standard InChI is InChI=1S/C19H25N3O2/c1-3-20-13-4-14-21-19(23)15-5-7-16(8-6-15)22-17-9-11-18(24-2)12-10-17/h5-12,20,22H,3-4,13-14H2,1-2H3,(H,21,23). The molecule has 0 aromatic heterocycles. The molecular weight excluding hydrogens is 302 g/mol. The van der Waals surface area contributed by atoms with Crippen LogP contribution in [-0.2, 0) is 0 Å². The summed E-state index contributed by atoms with van der Waals surface area (Å²) in [5, 5.41) is 9.45. The van der Waals surface area contributed by atoms with Gasteiger partial charge < -0.3 is 20.7 Å². The lowest BCUT2D eigenvalue weighted by Gasteiger charge is -2.09. The Kier molecular flexibility index (Phi) is 7.11. The van der Waals surface area contributed by atoms with Gasteiger partial charge in [0.2, 0.25) is 0 Å². The molecule has 0 saturated heterocycles. The molecule has 0 aliphatic rings. The largest absolute Gasteiger partial charge is 0.497 e. The van der Waals surface area contributed by atoms with Gasteiger partial charge in [0.1, 0.15) is 5.75 Å². The van der Waals surface area contributed by atoms with Crippen molar-refractivity contribution in [2.24, 2.45) is 0 Å². The molecule has 128 valence electrons. The van der Waals surface area contributed by atoms with E-state index in [-0.39, 0.29) is 5.91 Å². The van der Waals surface area contributed by atoms with Crippen LogP contribution in [0.2, 0.25) is 0 Å². The molecule has 0 atom stereocenters. The predicted molar refractivity (Wildman–Crippen MR) is 98.2 cm³/mol. The van der Waals surface area contributed by atoms with Crippen LogP contribution in [0.1, 0.15) is 23.7 Å². The normalized spacial score (nSPS) is 10.2. The zero-order chi connectivity index (χ0) is 17.2. The first kappa shape index (κ1) is 17.8. The van der Waals surface area contributed by atoms with Crippen molar-refractivity contribution in [3.8, 4) is 5.75 Å². The topological polar surface area (TPSA) is 62.4 Å². The summed E-state index contributed by atoms with van der Waals surface area (Å²) < 4.78 is 5.14. The molecule has 0 unspecified atom stereocenters. The minimum Gasteiger partial charge on any atom is -0.497 e. The fraction of sp³-hybridized carbons (Fsp3) is 0.316. The highest BCUT2D eigenvalue weighted by molar-refractivity contribution is 5.94. The molecule has 2 rings (SSSR count). The second-order valence-electron chi connectivity index (χ2n) is 5.39. The third kappa shape index (κ3) is 5.59. The van der Waals surface area contributed by atoms with Crippen LogP contribution < -0.4 is 20.7 Å². The lowest BCUT2D eigenvalue weighted by molar-refractivity contribution is 0.0953. The van der Waals surface area contributed by atoms with E-state index in [0.717, 1.165) is 36.6 Å². The van der Waals surface area contributed by atoms with Gasteiger partial charge in [-0.15, -0.1) is 0 Å². The molecule has 1 amide bonds. The highest BCUT2D eigenvalue weighted by Gasteiger charge is 2.04. The van der Waals surface area contributed by atoms with Crippen molar-refractivity contribution in [3.05, 3.63) is 54.1 Å². The Labute approximate surface area is 143 Å². The first-order chi connectivity index (χ1) is 11.7. The number of hydrogen-bond donors (Lipinski definition) is 3. The van der Waals surface area contributed by atoms with Crippen molar-refractivity contribution in [2.45, 2.75) is 13.3 Å². The molecule has 3 N–H and O–H groups in total. The van der Waals surface area contributed by atoms with Gasteiger partial charge in [0.05, 0.1) is 7.11 Å². The highest BCUT2D eigenvalue weighted by atomic mass is 16.5. The maximum Gasteiger partial charge on any atom is 0.251 e. The average Bonchev–Trinajstić information content (AvgIpc) is 2.62. The van der Waals surface area contributed by atoms with Gasteiger partial charge in [0.25, 0.3) is 5.91 Å². The Morgan fingerprint density at radius 3 is 2.17 bits per heavy atom. The average molecular weight is 327 g/mol. The third-order valence-electron chi connectivity index (χ3n) is 3.59. The minimum absolute atomic E-state index is 0.0394. The van der Waals surface area contributed by atoms with Gasteiger partial charge in [-0.1, -0.05) is 6.92 Å². The van der Waals surface area contributed by atoms with Crippen LogP contribution in [0.25, 0.3) is 0 Å². The van der Waals surface area contributed by atoms with Gasteiger partial charge in [-0.3, -0.25) is 4.79 Å². The monoisotopic (exact) mass is 327 g/mol. The summed E-state index contributed by atoms with van der Waals surface area (Å²) in [4.78, 5) is 12.1. The van der Waals surface area contributed by atoms with Crippen molar-refractivity contribution in [2.75, 3.05) is 32.1 Å². The number of carbonyl (C=O) groups is 1. The molecule has 2 aromatic carbocycles. The van der Waals surface area contributed by atoms with E-state index < -0.39 is 0 Å². The number of ether oxygens (including phenoxy) is 1. The molecule has 0 heterocycles. The van der Waals surface area contributed by atoms with E-state index in [4.69, 9.17) is 4.74 Å². The Balaban J connectivity index is 1.84. The molecule has 0 spiro atoms. The number of nitrogens with one attached hydrogen (secondary N) is 3. The van der Waals surface area contributed by atoms with Crippen LogP contribution in [-0.4, -0.2) is 32.7 Å². The van der Waals surface area contributed by atoms with Crippen LogP contribution in [0.4, 0.5) is 11.4 Å². The molecule has 5 heteroatoms. The van der Waals surface area contributed by atoms with E-state index in [1.807, 2.05) is 48.5 Å². The molecule has 0 radical (unpaired) electrons. The molecule has 2 aromatic rings. The van der Waals surface area contributed by atoms with Gasteiger partial charge >= 0.3 is 0 Å². The Bertz CT molecular complexity index is 624. The van der Waals surface area contributed by atoms with Crippen molar-refractivity contribution >= 4 is 17.3 Å². The lowest BCUT2D eigenvalue weighted by Crippen LogP contribution is -2.27. The van der Waals surface area contributed by atoms with Crippen LogP contribution in [0.3, 0.4) is 0 Å². The number of anilines is 2. The summed E-state index contributed by atoms with van der Waals surface area (Å²) in [7, 11) is 1.65. The second kappa shape index (κ2) is 9.57. The quantitative estimate of drug-likeness (QED) is 0.619. The summed E-state index contributed by atoms with van der Waals surface area (Å²) in [6.07, 6.45) is 0.927. The summed E-state index contributed by atoms with van der Waals surface area (Å²) >= 11 is 0. The predicted octanol–water partition coefficient (Wildman–Crippen LogP) is 3.17. The second-order valence-corrected chi connectivity index (χ2v) is 5.39. The van der Waals surface area contributed by atoms with Crippen molar-refractivity contribution in [3.63, 3.8) is 0 Å². The number of amides is 1. The van der Waals surface area contributed by atoms with Crippen LogP contribution in [0.5, 0.6) is 5.75 Å². The van der Waals surface area contributed by atoms with Gasteiger partial charge in [-0.2, -0.15) is 0 Å². The summed E-state index contributed by atoms with van der Waals surface area (Å²) in [5.74, 6) is 0.782. The van der Waals surface area contributed by atoms with Gasteiger partial charge in [0, 0.05) is 23.5 Å². The van der Waals surface area contributed by atoms with Gasteiger partial charge in [-0.25, -0.2) is 0 Å². The molecule has 0 bridgehead atoms. The number of carbonyl (C=O) groups excluding carboxylic acids is 1. The van der Waals surface area contributed by atoms with E-state index >= 15 is 0 Å². The summed E-state index contributed by atoms with van der Waals surface area (Å²) in [5.41, 5.74) is 2.57. The van der Waals surface area contributed by atoms with Crippen LogP contribution in [0.15, 0.2) is 48.5 Å². The fourth-order valence-electron chi connectivity index (χ4n) is 2.24. The molecule has 5 nitrogen and oxygen atoms in total. The SMILES string of the molecule is CCNCCCNC(=O)c1ccc(Nc2ccc(OC)cc2)cc1. The molecule has 0 fully saturated rings. The smallest absolute Gasteiger partial charge is 0.251 e. The van der Waals surface area contributed by atoms with Crippen LogP contribution >= 0.6 is 0 Å². The molecule has 0 aliphatic carbocycles. The molecule has 0 saturated carbocycles. The molecule has 0 aliphatic heterocycles. The van der Waals surface area contributed by atoms with Gasteiger partial charge in [-0.05, 0) is 68.0 Å². The Morgan fingerprint density at radius 1 is 0.958 bits per heavy atom. The third-order valence-corrected chi connectivity index (χ3v) is 3.59. The van der Waals surface area contributed by atoms with Crippen molar-refractivity contribution in [1.29, 1.82) is 0 Å². The zero-order valence-electron chi connectivity index (χ0n) is 14.3. The minimum atomic E-state index is -0.0394. The summed E-state index contributed by atoms with van der Waals surface area (Å²) in [6, 6.07) is 15.1. The van der Waals surface area contributed by atoms with E-state index in [2.05, 4.69) is 22.9 Å². The van der Waals surface area contributed by atoms with E-state index in [1.165, 1.54) is 0 Å². The number of rotatable bonds is 9. The number of benzene rings is 2. The highest BCUT2D eigenvalue weighted by Crippen LogP contribution is 2.20. The lowest BCUT2D eigenvalue weighted by atomic mass is 10.2. The molecular formula is C19H25N3O2. The fourth-order valence-corrected chi connectivity index (χ4v) is 2.24. The Hall–Kier alpha value is -2.53. The molecule has 24 heavy (non-hydrogen) atoms. The van der Waals surface area contributed by atoms with E-state index in [1.54, 1.807) is 7.11 Å². The number of hydrogen-bond acceptors (Lipinski definition) is 4. The van der Waals surface area contributed by atoms with Crippen molar-refractivity contribution in [1.82, 2.24) is 10.6 Å². The zero-order valence-corrected chi connectivity index (χ0v) is 14.3. The first-order valence-electron chi connectivity index (χ1n) is 8.23. The van der Waals surface area contributed by atoms with E-state index in [9.17, 15) is 4.79 Å². The summed E-state index contributed by atoms with van der Waals surface area (Å²) in [6.45, 7) is 4.62. The maximum absolute atomic E-state index is 12.1. The Morgan fingerprint density at radius 2 is 1.58 bits per heavy atom. The maximum atomic E-state index is 12.1.